The van der Waals surface area contributed by atoms with Crippen LogP contribution in [0.25, 0.3) is 0 Å². The minimum atomic E-state index is -0.826. The monoisotopic (exact) mass is 283 g/mol. The van der Waals surface area contributed by atoms with Crippen LogP contribution in [0.15, 0.2) is 5.38 Å². The van der Waals surface area contributed by atoms with E-state index in [0.29, 0.717) is 11.7 Å². The molecule has 2 heterocycles. The smallest absolute Gasteiger partial charge is 0.309 e. The number of aliphatic carboxylic acids is 1. The molecule has 0 saturated carbocycles. The fraction of sp³-hybridized carbons (Fsp3) is 0.692. The van der Waals surface area contributed by atoms with Crippen molar-refractivity contribution in [2.24, 2.45) is 0 Å². The van der Waals surface area contributed by atoms with Crippen LogP contribution in [0.5, 0.6) is 0 Å². The van der Waals surface area contributed by atoms with Crippen LogP contribution in [0.4, 0.5) is 5.13 Å². The molecule has 1 fully saturated rings. The van der Waals surface area contributed by atoms with Crippen LogP contribution < -0.4 is 4.90 Å². The third kappa shape index (κ3) is 3.67. The Kier molecular flexibility index (Phi) is 4.76. The standard InChI is InChI=1S/C13H21N3O2S/c1-3-16-6-4-5-11(16)8-15(2)13-14-10(9-19-13)7-12(17)18/h9,11H,3-8H2,1-2H3,(H,17,18). The molecule has 1 atom stereocenters. The van der Waals surface area contributed by atoms with Crippen LogP contribution in [0.2, 0.25) is 0 Å². The summed E-state index contributed by atoms with van der Waals surface area (Å²) < 4.78 is 0. The van der Waals surface area contributed by atoms with Crippen LogP contribution >= 0.6 is 11.3 Å². The van der Waals surface area contributed by atoms with Crippen molar-refractivity contribution >= 4 is 22.4 Å². The van der Waals surface area contributed by atoms with Gasteiger partial charge in [-0.05, 0) is 25.9 Å². The molecule has 106 valence electrons. The molecule has 1 N–H and O–H groups in total. The van der Waals surface area contributed by atoms with Gasteiger partial charge < -0.3 is 10.0 Å². The lowest BCUT2D eigenvalue weighted by Gasteiger charge is -2.27. The Morgan fingerprint density at radius 1 is 1.68 bits per heavy atom. The molecule has 0 aliphatic carbocycles. The van der Waals surface area contributed by atoms with Crippen molar-refractivity contribution < 1.29 is 9.90 Å². The molecular formula is C13H21N3O2S. The number of carbonyl (C=O) groups is 1. The first-order chi connectivity index (χ1) is 9.10. The molecule has 2 rings (SSSR count). The molecule has 0 radical (unpaired) electrons. The zero-order valence-electron chi connectivity index (χ0n) is 11.5. The minimum Gasteiger partial charge on any atom is -0.481 e. The van der Waals surface area contributed by atoms with Crippen molar-refractivity contribution in [3.63, 3.8) is 0 Å². The SMILES string of the molecule is CCN1CCCC1CN(C)c1nc(CC(=O)O)cs1. The Morgan fingerprint density at radius 3 is 3.16 bits per heavy atom. The van der Waals surface area contributed by atoms with Crippen molar-refractivity contribution in [1.29, 1.82) is 0 Å². The minimum absolute atomic E-state index is 0.00878. The predicted molar refractivity (Wildman–Crippen MR) is 77.0 cm³/mol. The quantitative estimate of drug-likeness (QED) is 0.861. The first-order valence-electron chi connectivity index (χ1n) is 6.71. The average molecular weight is 283 g/mol. The lowest BCUT2D eigenvalue weighted by Crippen LogP contribution is -2.38. The summed E-state index contributed by atoms with van der Waals surface area (Å²) in [4.78, 5) is 19.7. The Morgan fingerprint density at radius 2 is 2.47 bits per heavy atom. The fourth-order valence-electron chi connectivity index (χ4n) is 2.62. The van der Waals surface area contributed by atoms with Crippen LogP contribution in [-0.4, -0.2) is 53.7 Å². The van der Waals surface area contributed by atoms with Crippen molar-refractivity contribution in [2.45, 2.75) is 32.2 Å². The van der Waals surface area contributed by atoms with Gasteiger partial charge in [0, 0.05) is 25.0 Å². The lowest BCUT2D eigenvalue weighted by atomic mass is 10.2. The normalized spacial score (nSPS) is 19.8. The summed E-state index contributed by atoms with van der Waals surface area (Å²) >= 11 is 1.52. The molecule has 1 aliphatic heterocycles. The Labute approximate surface area is 117 Å². The van der Waals surface area contributed by atoms with Gasteiger partial charge in [-0.25, -0.2) is 4.98 Å². The molecule has 5 nitrogen and oxygen atoms in total. The molecule has 1 saturated heterocycles. The highest BCUT2D eigenvalue weighted by Gasteiger charge is 2.24. The Bertz CT molecular complexity index is 435. The van der Waals surface area contributed by atoms with Crippen molar-refractivity contribution in [3.8, 4) is 0 Å². The third-order valence-corrected chi connectivity index (χ3v) is 4.59. The van der Waals surface area contributed by atoms with Crippen LogP contribution in [0, 0.1) is 0 Å². The summed E-state index contributed by atoms with van der Waals surface area (Å²) in [5.41, 5.74) is 0.651. The van der Waals surface area contributed by atoms with Gasteiger partial charge in [-0.15, -0.1) is 11.3 Å². The highest BCUT2D eigenvalue weighted by Crippen LogP contribution is 2.23. The molecule has 19 heavy (non-hydrogen) atoms. The molecule has 1 aromatic heterocycles. The molecular weight excluding hydrogens is 262 g/mol. The highest BCUT2D eigenvalue weighted by atomic mass is 32.1. The number of aromatic nitrogens is 1. The number of hydrogen-bond donors (Lipinski definition) is 1. The van der Waals surface area contributed by atoms with E-state index in [4.69, 9.17) is 5.11 Å². The zero-order valence-corrected chi connectivity index (χ0v) is 12.3. The predicted octanol–water partition coefficient (Wildman–Crippen LogP) is 1.69. The second-order valence-electron chi connectivity index (χ2n) is 5.00. The number of carboxylic acids is 1. The second kappa shape index (κ2) is 6.34. The lowest BCUT2D eigenvalue weighted by molar-refractivity contribution is -0.136. The van der Waals surface area contributed by atoms with E-state index in [2.05, 4.69) is 21.7 Å². The van der Waals surface area contributed by atoms with Gasteiger partial charge >= 0.3 is 5.97 Å². The summed E-state index contributed by atoms with van der Waals surface area (Å²) in [6.45, 7) is 5.46. The zero-order chi connectivity index (χ0) is 13.8. The van der Waals surface area contributed by atoms with Crippen molar-refractivity contribution in [3.05, 3.63) is 11.1 Å². The number of rotatable bonds is 6. The molecule has 0 spiro atoms. The number of likely N-dealkylation sites (tertiary alicyclic amines) is 1. The molecule has 1 aromatic rings. The van der Waals surface area contributed by atoms with E-state index in [-0.39, 0.29) is 6.42 Å². The number of nitrogens with zero attached hydrogens (tertiary/aromatic N) is 3. The molecule has 1 unspecified atom stereocenters. The summed E-state index contributed by atoms with van der Waals surface area (Å²) in [6, 6.07) is 0.599. The van der Waals surface area contributed by atoms with E-state index in [1.165, 1.54) is 30.7 Å². The van der Waals surface area contributed by atoms with Crippen molar-refractivity contribution in [1.82, 2.24) is 9.88 Å². The summed E-state index contributed by atoms with van der Waals surface area (Å²) in [7, 11) is 2.04. The van der Waals surface area contributed by atoms with E-state index < -0.39 is 5.97 Å². The first kappa shape index (κ1) is 14.3. The van der Waals surface area contributed by atoms with E-state index in [1.54, 1.807) is 0 Å². The fourth-order valence-corrected chi connectivity index (χ4v) is 3.42. The maximum atomic E-state index is 10.7. The molecule has 0 amide bonds. The highest BCUT2D eigenvalue weighted by molar-refractivity contribution is 7.13. The van der Waals surface area contributed by atoms with Crippen molar-refractivity contribution in [2.75, 3.05) is 31.6 Å². The summed E-state index contributed by atoms with van der Waals surface area (Å²) in [5.74, 6) is -0.826. The largest absolute Gasteiger partial charge is 0.481 e. The van der Waals surface area contributed by atoms with Gasteiger partial charge in [0.05, 0.1) is 12.1 Å². The van der Waals surface area contributed by atoms with Crippen LogP contribution in [-0.2, 0) is 11.2 Å². The van der Waals surface area contributed by atoms with Gasteiger partial charge in [0.1, 0.15) is 0 Å². The molecule has 0 bridgehead atoms. The van der Waals surface area contributed by atoms with Gasteiger partial charge in [-0.1, -0.05) is 6.92 Å². The number of likely N-dealkylation sites (N-methyl/N-ethyl adjacent to an activating group) is 2. The van der Waals surface area contributed by atoms with Crippen LogP contribution in [0.1, 0.15) is 25.5 Å². The van der Waals surface area contributed by atoms with E-state index in [9.17, 15) is 4.79 Å². The van der Waals surface area contributed by atoms with E-state index >= 15 is 0 Å². The van der Waals surface area contributed by atoms with Gasteiger partial charge in [-0.2, -0.15) is 0 Å². The third-order valence-electron chi connectivity index (χ3n) is 3.59. The Balaban J connectivity index is 1.93. The van der Waals surface area contributed by atoms with Gasteiger partial charge in [-0.3, -0.25) is 9.69 Å². The van der Waals surface area contributed by atoms with Crippen LogP contribution in [0.3, 0.4) is 0 Å². The van der Waals surface area contributed by atoms with E-state index in [1.807, 2.05) is 12.4 Å². The second-order valence-corrected chi connectivity index (χ2v) is 5.83. The van der Waals surface area contributed by atoms with E-state index in [0.717, 1.165) is 18.2 Å². The first-order valence-corrected chi connectivity index (χ1v) is 7.59. The maximum Gasteiger partial charge on any atom is 0.309 e. The van der Waals surface area contributed by atoms with Gasteiger partial charge in [0.15, 0.2) is 5.13 Å². The number of carboxylic acid groups (broad SMARTS) is 1. The molecule has 0 aromatic carbocycles. The number of thiazole rings is 1. The molecule has 6 heteroatoms. The number of anilines is 1. The van der Waals surface area contributed by atoms with Gasteiger partial charge in [0.25, 0.3) is 0 Å². The summed E-state index contributed by atoms with van der Waals surface area (Å²) in [5, 5.41) is 11.5. The topological polar surface area (TPSA) is 56.7 Å². The average Bonchev–Trinajstić information content (AvgIpc) is 2.97. The summed E-state index contributed by atoms with van der Waals surface area (Å²) in [6.07, 6.45) is 2.52. The Hall–Kier alpha value is -1.14. The number of hydrogen-bond acceptors (Lipinski definition) is 5. The maximum absolute atomic E-state index is 10.7. The molecule has 1 aliphatic rings. The van der Waals surface area contributed by atoms with Gasteiger partial charge in [0.2, 0.25) is 0 Å².